The molecule has 0 heterocycles. The van der Waals surface area contributed by atoms with Crippen LogP contribution in [-0.2, 0) is 9.59 Å². The van der Waals surface area contributed by atoms with Crippen LogP contribution in [0.2, 0.25) is 0 Å². The van der Waals surface area contributed by atoms with Crippen LogP contribution in [0.25, 0.3) is 0 Å². The number of rotatable bonds is 7. The third kappa shape index (κ3) is 3.73. The van der Waals surface area contributed by atoms with Crippen LogP contribution in [-0.4, -0.2) is 37.7 Å². The molecular formula is C17H20N4O8. The van der Waals surface area contributed by atoms with E-state index in [9.17, 15) is 40.0 Å². The van der Waals surface area contributed by atoms with Crippen molar-refractivity contribution in [1.29, 1.82) is 0 Å². The average Bonchev–Trinajstić information content (AvgIpc) is 2.84. The molecule has 29 heavy (non-hydrogen) atoms. The van der Waals surface area contributed by atoms with Gasteiger partial charge >= 0.3 is 17.6 Å². The highest BCUT2D eigenvalue weighted by Crippen LogP contribution is 2.56. The highest BCUT2D eigenvalue weighted by molar-refractivity contribution is 6.38. The number of carbonyl (C=O) groups is 2. The molecule has 1 aromatic carbocycles. The summed E-state index contributed by atoms with van der Waals surface area (Å²) in [4.78, 5) is 43.9. The zero-order valence-corrected chi connectivity index (χ0v) is 15.9. The first-order valence-electron chi connectivity index (χ1n) is 8.56. The predicted molar refractivity (Wildman–Crippen MR) is 101 cm³/mol. The van der Waals surface area contributed by atoms with Crippen molar-refractivity contribution in [2.45, 2.75) is 33.6 Å². The molecule has 0 aliphatic heterocycles. The lowest BCUT2D eigenvalue weighted by Crippen LogP contribution is -2.46. The Labute approximate surface area is 164 Å². The molecule has 0 spiro atoms. The second-order valence-electron chi connectivity index (χ2n) is 7.58. The molecule has 0 bridgehead atoms. The number of carboxylic acid groups (broad SMARTS) is 2. The lowest BCUT2D eigenvalue weighted by molar-refractivity contribution is -0.393. The van der Waals surface area contributed by atoms with Crippen LogP contribution in [0.4, 0.5) is 17.1 Å². The number of aliphatic carboxylic acids is 2. The summed E-state index contributed by atoms with van der Waals surface area (Å²) in [5.74, 6) is -3.23. The molecular weight excluding hydrogens is 388 g/mol. The number of carboxylic acids is 2. The Balaban J connectivity index is 2.48. The molecule has 2 rings (SSSR count). The molecule has 0 aromatic heterocycles. The molecule has 2 atom stereocenters. The molecule has 12 nitrogen and oxygen atoms in total. The van der Waals surface area contributed by atoms with E-state index in [1.165, 1.54) is 0 Å². The summed E-state index contributed by atoms with van der Waals surface area (Å²) < 4.78 is 0. The first-order chi connectivity index (χ1) is 13.3. The zero-order valence-electron chi connectivity index (χ0n) is 15.9. The molecule has 156 valence electrons. The number of hydrogen-bond donors (Lipinski definition) is 3. The van der Waals surface area contributed by atoms with Crippen LogP contribution < -0.4 is 5.43 Å². The van der Waals surface area contributed by atoms with Gasteiger partial charge in [0, 0.05) is 11.5 Å². The van der Waals surface area contributed by atoms with Gasteiger partial charge in [-0.2, -0.15) is 5.10 Å². The van der Waals surface area contributed by atoms with E-state index in [0.717, 1.165) is 18.2 Å². The number of nitro benzene ring substituents is 2. The fraction of sp³-hybridized carbons (Fsp3) is 0.471. The highest BCUT2D eigenvalue weighted by Gasteiger charge is 2.58. The van der Waals surface area contributed by atoms with Crippen LogP contribution >= 0.6 is 0 Å². The Bertz CT molecular complexity index is 926. The number of nitrogens with zero attached hydrogens (tertiary/aromatic N) is 3. The van der Waals surface area contributed by atoms with Crippen molar-refractivity contribution in [2.75, 3.05) is 5.43 Å². The number of nitro groups is 2. The third-order valence-electron chi connectivity index (χ3n) is 5.93. The summed E-state index contributed by atoms with van der Waals surface area (Å²) in [5, 5.41) is 45.0. The fourth-order valence-electron chi connectivity index (χ4n) is 3.76. The minimum atomic E-state index is -1.40. The van der Waals surface area contributed by atoms with Crippen LogP contribution in [0, 0.1) is 37.0 Å². The Hall–Kier alpha value is -3.57. The number of hydrazone groups is 1. The maximum Gasteiger partial charge on any atom is 0.352 e. The van der Waals surface area contributed by atoms with Crippen LogP contribution in [0.3, 0.4) is 0 Å². The zero-order chi connectivity index (χ0) is 22.1. The van der Waals surface area contributed by atoms with Gasteiger partial charge in [0.05, 0.1) is 21.8 Å². The fourth-order valence-corrected chi connectivity index (χ4v) is 3.76. The Morgan fingerprint density at radius 2 is 1.79 bits per heavy atom. The minimum absolute atomic E-state index is 0.228. The van der Waals surface area contributed by atoms with Crippen molar-refractivity contribution in [3.8, 4) is 0 Å². The lowest BCUT2D eigenvalue weighted by atomic mass is 9.63. The van der Waals surface area contributed by atoms with Crippen LogP contribution in [0.5, 0.6) is 0 Å². The van der Waals surface area contributed by atoms with Gasteiger partial charge in [0.2, 0.25) is 0 Å². The maximum atomic E-state index is 11.9. The summed E-state index contributed by atoms with van der Waals surface area (Å²) in [7, 11) is 0. The smallest absolute Gasteiger partial charge is 0.352 e. The van der Waals surface area contributed by atoms with E-state index >= 15 is 0 Å². The summed E-state index contributed by atoms with van der Waals surface area (Å²) in [6.45, 7) is 4.88. The van der Waals surface area contributed by atoms with E-state index in [4.69, 9.17) is 0 Å². The SMILES string of the molecule is CC1(C(=NNc2ccc([N+](=O)[O-])cc2[N+](=O)[O-])C(=O)O)CCC(C(=O)O)C1(C)C. The Kier molecular flexibility index (Phi) is 5.58. The van der Waals surface area contributed by atoms with Gasteiger partial charge in [-0.3, -0.25) is 30.4 Å². The standard InChI is InChI=1S/C17H20N4O8/c1-16(2)10(14(22)23)6-7-17(16,3)13(15(24)25)19-18-11-5-4-9(20(26)27)8-12(11)21(28)29/h4-5,8,10,18H,6-7H2,1-3H3,(H,22,23)(H,24,25). The van der Waals surface area contributed by atoms with E-state index in [1.807, 2.05) is 0 Å². The van der Waals surface area contributed by atoms with Gasteiger partial charge in [-0.05, 0) is 24.3 Å². The normalized spacial score (nSPS) is 23.4. The number of non-ortho nitro benzene ring substituents is 1. The molecule has 1 saturated carbocycles. The molecule has 0 saturated heterocycles. The molecule has 0 radical (unpaired) electrons. The molecule has 1 aliphatic carbocycles. The first kappa shape index (κ1) is 21.7. The quantitative estimate of drug-likeness (QED) is 0.346. The second-order valence-corrected chi connectivity index (χ2v) is 7.58. The van der Waals surface area contributed by atoms with E-state index < -0.39 is 49.9 Å². The van der Waals surface area contributed by atoms with Gasteiger partial charge in [-0.25, -0.2) is 4.79 Å². The highest BCUT2D eigenvalue weighted by atomic mass is 16.6. The van der Waals surface area contributed by atoms with Gasteiger partial charge in [0.1, 0.15) is 5.69 Å². The number of anilines is 1. The van der Waals surface area contributed by atoms with E-state index in [1.54, 1.807) is 20.8 Å². The molecule has 1 aromatic rings. The van der Waals surface area contributed by atoms with Crippen LogP contribution in [0.1, 0.15) is 33.6 Å². The lowest BCUT2D eigenvalue weighted by Gasteiger charge is -2.39. The third-order valence-corrected chi connectivity index (χ3v) is 5.93. The van der Waals surface area contributed by atoms with Crippen molar-refractivity contribution < 1.29 is 29.6 Å². The van der Waals surface area contributed by atoms with E-state index in [2.05, 4.69) is 10.5 Å². The molecule has 0 amide bonds. The summed E-state index contributed by atoms with van der Waals surface area (Å²) >= 11 is 0. The monoisotopic (exact) mass is 408 g/mol. The van der Waals surface area contributed by atoms with Crippen LogP contribution in [0.15, 0.2) is 23.3 Å². The van der Waals surface area contributed by atoms with Gasteiger partial charge in [0.15, 0.2) is 5.71 Å². The largest absolute Gasteiger partial charge is 0.481 e. The first-order valence-corrected chi connectivity index (χ1v) is 8.56. The topological polar surface area (TPSA) is 185 Å². The van der Waals surface area contributed by atoms with Gasteiger partial charge < -0.3 is 10.2 Å². The number of hydrogen-bond acceptors (Lipinski definition) is 8. The van der Waals surface area contributed by atoms with Gasteiger partial charge in [0.25, 0.3) is 5.69 Å². The number of nitrogens with one attached hydrogen (secondary N) is 1. The maximum absolute atomic E-state index is 11.9. The van der Waals surface area contributed by atoms with Crippen molar-refractivity contribution in [3.05, 3.63) is 38.4 Å². The molecule has 3 N–H and O–H groups in total. The Morgan fingerprint density at radius 1 is 1.17 bits per heavy atom. The molecule has 1 fully saturated rings. The summed E-state index contributed by atoms with van der Waals surface area (Å²) in [6.07, 6.45) is 0.495. The van der Waals surface area contributed by atoms with E-state index in [-0.39, 0.29) is 24.2 Å². The molecule has 2 unspecified atom stereocenters. The summed E-state index contributed by atoms with van der Waals surface area (Å²) in [6, 6.07) is 2.81. The number of benzene rings is 1. The minimum Gasteiger partial charge on any atom is -0.481 e. The van der Waals surface area contributed by atoms with Crippen molar-refractivity contribution in [1.82, 2.24) is 0 Å². The second kappa shape index (κ2) is 7.45. The van der Waals surface area contributed by atoms with Gasteiger partial charge in [-0.1, -0.05) is 20.8 Å². The van der Waals surface area contributed by atoms with E-state index in [0.29, 0.717) is 0 Å². The summed E-state index contributed by atoms with van der Waals surface area (Å²) in [5.41, 5.74) is -1.52. The van der Waals surface area contributed by atoms with Gasteiger partial charge in [-0.15, -0.1) is 0 Å². The molecule has 12 heteroatoms. The Morgan fingerprint density at radius 3 is 2.24 bits per heavy atom. The van der Waals surface area contributed by atoms with Crippen molar-refractivity contribution >= 4 is 34.7 Å². The van der Waals surface area contributed by atoms with Crippen molar-refractivity contribution in [3.63, 3.8) is 0 Å². The average molecular weight is 408 g/mol. The van der Waals surface area contributed by atoms with Crippen molar-refractivity contribution in [2.24, 2.45) is 21.8 Å². The predicted octanol–water partition coefficient (Wildman–Crippen LogP) is 2.88. The molecule has 1 aliphatic rings.